The van der Waals surface area contributed by atoms with Gasteiger partial charge >= 0.3 is 0 Å². The van der Waals surface area contributed by atoms with Crippen LogP contribution in [0, 0.1) is 6.92 Å². The molecule has 0 radical (unpaired) electrons. The number of carbonyl (C=O) groups is 1. The largest absolute Gasteiger partial charge is 0.346 e. The molecule has 0 aliphatic rings. The zero-order valence-corrected chi connectivity index (χ0v) is 13.0. The first-order valence-electron chi connectivity index (χ1n) is 6.18. The first kappa shape index (κ1) is 13.9. The SMILES string of the molecule is Cc1c(C(=O)NCc2cncs2)sc2ncn(C)c(=O)c12. The van der Waals surface area contributed by atoms with E-state index in [2.05, 4.69) is 15.3 Å². The van der Waals surface area contributed by atoms with Gasteiger partial charge in [-0.2, -0.15) is 0 Å². The van der Waals surface area contributed by atoms with Crippen LogP contribution in [0.15, 0.2) is 22.8 Å². The van der Waals surface area contributed by atoms with Crippen LogP contribution in [0.4, 0.5) is 0 Å². The van der Waals surface area contributed by atoms with E-state index in [1.807, 2.05) is 0 Å². The number of fused-ring (bicyclic) bond motifs is 1. The first-order chi connectivity index (χ1) is 10.1. The monoisotopic (exact) mass is 320 g/mol. The van der Waals surface area contributed by atoms with Gasteiger partial charge in [0.2, 0.25) is 0 Å². The van der Waals surface area contributed by atoms with Crippen molar-refractivity contribution in [3.63, 3.8) is 0 Å². The summed E-state index contributed by atoms with van der Waals surface area (Å²) in [6.07, 6.45) is 3.19. The average molecular weight is 320 g/mol. The van der Waals surface area contributed by atoms with Crippen LogP contribution in [0.25, 0.3) is 10.2 Å². The molecule has 0 bridgehead atoms. The lowest BCUT2D eigenvalue weighted by Crippen LogP contribution is -2.22. The molecule has 0 saturated carbocycles. The number of hydrogen-bond acceptors (Lipinski definition) is 6. The molecule has 8 heteroatoms. The molecule has 3 aromatic heterocycles. The molecule has 3 aromatic rings. The van der Waals surface area contributed by atoms with Gasteiger partial charge in [0.15, 0.2) is 0 Å². The minimum absolute atomic E-state index is 0.129. The van der Waals surface area contributed by atoms with Gasteiger partial charge < -0.3 is 9.88 Å². The van der Waals surface area contributed by atoms with E-state index in [-0.39, 0.29) is 11.5 Å². The lowest BCUT2D eigenvalue weighted by atomic mass is 10.2. The highest BCUT2D eigenvalue weighted by atomic mass is 32.1. The van der Waals surface area contributed by atoms with Crippen molar-refractivity contribution in [3.05, 3.63) is 43.7 Å². The van der Waals surface area contributed by atoms with Gasteiger partial charge in [-0.3, -0.25) is 14.6 Å². The van der Waals surface area contributed by atoms with Crippen LogP contribution in [-0.4, -0.2) is 20.4 Å². The lowest BCUT2D eigenvalue weighted by molar-refractivity contribution is 0.0955. The maximum absolute atomic E-state index is 12.3. The van der Waals surface area contributed by atoms with Crippen LogP contribution in [0.3, 0.4) is 0 Å². The average Bonchev–Trinajstić information content (AvgIpc) is 3.09. The van der Waals surface area contributed by atoms with Crippen molar-refractivity contribution in [2.24, 2.45) is 7.05 Å². The van der Waals surface area contributed by atoms with Crippen molar-refractivity contribution in [2.75, 3.05) is 0 Å². The summed E-state index contributed by atoms with van der Waals surface area (Å²) in [6, 6.07) is 0. The van der Waals surface area contributed by atoms with Gasteiger partial charge in [0.25, 0.3) is 11.5 Å². The second-order valence-corrected chi connectivity index (χ2v) is 6.52. The molecule has 3 rings (SSSR count). The molecule has 0 spiro atoms. The van der Waals surface area contributed by atoms with E-state index < -0.39 is 0 Å². The normalized spacial score (nSPS) is 11.0. The summed E-state index contributed by atoms with van der Waals surface area (Å²) >= 11 is 2.73. The Hall–Kier alpha value is -2.06. The third kappa shape index (κ3) is 2.47. The molecular formula is C13H12N4O2S2. The van der Waals surface area contributed by atoms with Crippen LogP contribution >= 0.6 is 22.7 Å². The molecule has 0 fully saturated rings. The van der Waals surface area contributed by atoms with Crippen molar-refractivity contribution in [1.82, 2.24) is 19.9 Å². The Labute approximate surface area is 128 Å². The second kappa shape index (κ2) is 5.38. The van der Waals surface area contributed by atoms with E-state index in [4.69, 9.17) is 0 Å². The third-order valence-corrected chi connectivity index (χ3v) is 5.10. The first-order valence-corrected chi connectivity index (χ1v) is 7.88. The zero-order chi connectivity index (χ0) is 15.0. The summed E-state index contributed by atoms with van der Waals surface area (Å²) < 4.78 is 1.42. The fourth-order valence-electron chi connectivity index (χ4n) is 2.00. The van der Waals surface area contributed by atoms with Gasteiger partial charge in [-0.25, -0.2) is 4.98 Å². The van der Waals surface area contributed by atoms with Crippen LogP contribution in [0.1, 0.15) is 20.1 Å². The number of hydrogen-bond donors (Lipinski definition) is 1. The Balaban J connectivity index is 1.93. The molecule has 0 aliphatic heterocycles. The Bertz CT molecular complexity index is 864. The Morgan fingerprint density at radius 1 is 1.48 bits per heavy atom. The molecule has 21 heavy (non-hydrogen) atoms. The molecule has 3 heterocycles. The fourth-order valence-corrected chi connectivity index (χ4v) is 3.59. The standard InChI is InChI=1S/C13H12N4O2S2/c1-7-9-12(16-5-17(2)13(9)19)21-10(7)11(18)15-4-8-3-14-6-20-8/h3,5-6H,4H2,1-2H3,(H,15,18). The van der Waals surface area contributed by atoms with Crippen LogP contribution in [0.2, 0.25) is 0 Å². The van der Waals surface area contributed by atoms with E-state index in [1.165, 1.54) is 33.6 Å². The summed E-state index contributed by atoms with van der Waals surface area (Å²) in [4.78, 5) is 34.7. The fraction of sp³-hybridized carbons (Fsp3) is 0.231. The topological polar surface area (TPSA) is 76.9 Å². The highest BCUT2D eigenvalue weighted by Gasteiger charge is 2.18. The number of thiazole rings is 1. The number of rotatable bonds is 3. The smallest absolute Gasteiger partial charge is 0.262 e. The molecule has 1 amide bonds. The van der Waals surface area contributed by atoms with E-state index in [1.54, 1.807) is 25.7 Å². The second-order valence-electron chi connectivity index (χ2n) is 4.55. The molecule has 0 saturated heterocycles. The minimum Gasteiger partial charge on any atom is -0.346 e. The van der Waals surface area contributed by atoms with Crippen molar-refractivity contribution in [1.29, 1.82) is 0 Å². The minimum atomic E-state index is -0.189. The van der Waals surface area contributed by atoms with E-state index in [0.29, 0.717) is 27.2 Å². The Morgan fingerprint density at radius 2 is 2.29 bits per heavy atom. The number of thiophene rings is 1. The van der Waals surface area contributed by atoms with Crippen molar-refractivity contribution < 1.29 is 4.79 Å². The summed E-state index contributed by atoms with van der Waals surface area (Å²) in [5.41, 5.74) is 2.28. The molecule has 0 aliphatic carbocycles. The van der Waals surface area contributed by atoms with Gasteiger partial charge in [0, 0.05) is 18.1 Å². The quantitative estimate of drug-likeness (QED) is 0.797. The number of amides is 1. The molecule has 0 aromatic carbocycles. The van der Waals surface area contributed by atoms with E-state index >= 15 is 0 Å². The Morgan fingerprint density at radius 3 is 3.00 bits per heavy atom. The number of nitrogens with zero attached hydrogens (tertiary/aromatic N) is 3. The zero-order valence-electron chi connectivity index (χ0n) is 11.4. The predicted octanol–water partition coefficient (Wildman–Crippen LogP) is 1.69. The van der Waals surface area contributed by atoms with Crippen LogP contribution in [-0.2, 0) is 13.6 Å². The molecular weight excluding hydrogens is 308 g/mol. The molecule has 1 N–H and O–H groups in total. The highest BCUT2D eigenvalue weighted by Crippen LogP contribution is 2.26. The van der Waals surface area contributed by atoms with Gasteiger partial charge in [0.05, 0.1) is 28.6 Å². The van der Waals surface area contributed by atoms with Gasteiger partial charge in [-0.15, -0.1) is 22.7 Å². The summed E-state index contributed by atoms with van der Waals surface area (Å²) in [6.45, 7) is 2.21. The molecule has 0 atom stereocenters. The third-order valence-electron chi connectivity index (χ3n) is 3.12. The van der Waals surface area contributed by atoms with Crippen molar-refractivity contribution in [3.8, 4) is 0 Å². The van der Waals surface area contributed by atoms with Crippen LogP contribution in [0.5, 0.6) is 0 Å². The summed E-state index contributed by atoms with van der Waals surface area (Å²) in [5.74, 6) is -0.189. The van der Waals surface area contributed by atoms with Gasteiger partial charge in [0.1, 0.15) is 4.83 Å². The number of aromatic nitrogens is 3. The van der Waals surface area contributed by atoms with E-state index in [9.17, 15) is 9.59 Å². The van der Waals surface area contributed by atoms with E-state index in [0.717, 1.165) is 4.88 Å². The van der Waals surface area contributed by atoms with Crippen molar-refractivity contribution >= 4 is 38.8 Å². The maximum Gasteiger partial charge on any atom is 0.262 e. The molecule has 108 valence electrons. The summed E-state index contributed by atoms with van der Waals surface area (Å²) in [5, 5.41) is 3.36. The summed E-state index contributed by atoms with van der Waals surface area (Å²) in [7, 11) is 1.65. The highest BCUT2D eigenvalue weighted by molar-refractivity contribution is 7.20. The number of carbonyl (C=O) groups excluding carboxylic acids is 1. The predicted molar refractivity (Wildman–Crippen MR) is 82.9 cm³/mol. The lowest BCUT2D eigenvalue weighted by Gasteiger charge is -2.02. The van der Waals surface area contributed by atoms with Crippen LogP contribution < -0.4 is 10.9 Å². The number of nitrogens with one attached hydrogen (secondary N) is 1. The van der Waals surface area contributed by atoms with Gasteiger partial charge in [-0.1, -0.05) is 0 Å². The number of aryl methyl sites for hydroxylation is 2. The maximum atomic E-state index is 12.3. The Kier molecular flexibility index (Phi) is 3.56. The van der Waals surface area contributed by atoms with Gasteiger partial charge in [-0.05, 0) is 12.5 Å². The van der Waals surface area contributed by atoms with Crippen molar-refractivity contribution in [2.45, 2.75) is 13.5 Å². The molecule has 0 unspecified atom stereocenters. The molecule has 6 nitrogen and oxygen atoms in total.